The van der Waals surface area contributed by atoms with Gasteiger partial charge in [0.15, 0.2) is 3.95 Å². The first-order valence-corrected chi connectivity index (χ1v) is 6.51. The van der Waals surface area contributed by atoms with Crippen LogP contribution in [0.3, 0.4) is 0 Å². The molecule has 0 saturated heterocycles. The first kappa shape index (κ1) is 11.9. The smallest absolute Gasteiger partial charge is 0.158 e. The molecule has 0 spiro atoms. The fourth-order valence-corrected chi connectivity index (χ4v) is 2.38. The maximum absolute atomic E-state index is 6.05. The largest absolute Gasteiger partial charge is 0.337 e. The SMILES string of the molecule is S=c1[nH]c(C=Cc2cccc(Cl)c2Cl)cs1. The van der Waals surface area contributed by atoms with Gasteiger partial charge >= 0.3 is 0 Å². The zero-order valence-electron chi connectivity index (χ0n) is 8.04. The van der Waals surface area contributed by atoms with E-state index >= 15 is 0 Å². The lowest BCUT2D eigenvalue weighted by Crippen LogP contribution is -1.76. The van der Waals surface area contributed by atoms with E-state index in [0.29, 0.717) is 10.0 Å². The maximum atomic E-state index is 6.05. The van der Waals surface area contributed by atoms with Gasteiger partial charge in [-0.2, -0.15) is 0 Å². The van der Waals surface area contributed by atoms with Crippen LogP contribution in [0.15, 0.2) is 23.6 Å². The number of aromatic nitrogens is 1. The van der Waals surface area contributed by atoms with E-state index < -0.39 is 0 Å². The number of aromatic amines is 1. The molecule has 1 N–H and O–H groups in total. The van der Waals surface area contributed by atoms with E-state index in [-0.39, 0.29) is 0 Å². The second-order valence-corrected chi connectivity index (χ2v) is 5.41. The van der Waals surface area contributed by atoms with E-state index in [0.717, 1.165) is 15.2 Å². The highest BCUT2D eigenvalue weighted by Crippen LogP contribution is 2.26. The second kappa shape index (κ2) is 5.15. The summed E-state index contributed by atoms with van der Waals surface area (Å²) in [5.74, 6) is 0. The lowest BCUT2D eigenvalue weighted by molar-refractivity contribution is 1.36. The van der Waals surface area contributed by atoms with Crippen LogP contribution in [0.1, 0.15) is 11.3 Å². The van der Waals surface area contributed by atoms with Gasteiger partial charge < -0.3 is 4.98 Å². The molecule has 1 aromatic carbocycles. The van der Waals surface area contributed by atoms with Crippen LogP contribution in [0.2, 0.25) is 10.0 Å². The number of nitrogens with one attached hydrogen (secondary N) is 1. The van der Waals surface area contributed by atoms with Crippen LogP contribution in [-0.2, 0) is 0 Å². The zero-order chi connectivity index (χ0) is 11.5. The Balaban J connectivity index is 2.30. The summed E-state index contributed by atoms with van der Waals surface area (Å²) in [4.78, 5) is 3.05. The van der Waals surface area contributed by atoms with E-state index in [9.17, 15) is 0 Å². The summed E-state index contributed by atoms with van der Waals surface area (Å²) in [5.41, 5.74) is 1.85. The average molecular weight is 288 g/mol. The molecule has 1 nitrogen and oxygen atoms in total. The summed E-state index contributed by atoms with van der Waals surface area (Å²) in [7, 11) is 0. The van der Waals surface area contributed by atoms with Crippen LogP contribution >= 0.6 is 46.8 Å². The van der Waals surface area contributed by atoms with Gasteiger partial charge in [-0.25, -0.2) is 0 Å². The summed E-state index contributed by atoms with van der Waals surface area (Å²) in [6, 6.07) is 5.54. The van der Waals surface area contributed by atoms with Gasteiger partial charge in [0.25, 0.3) is 0 Å². The normalized spacial score (nSPS) is 11.1. The third kappa shape index (κ3) is 2.74. The van der Waals surface area contributed by atoms with Crippen LogP contribution in [0.5, 0.6) is 0 Å². The van der Waals surface area contributed by atoms with Gasteiger partial charge in [0.2, 0.25) is 0 Å². The Labute approximate surface area is 112 Å². The third-order valence-electron chi connectivity index (χ3n) is 1.96. The van der Waals surface area contributed by atoms with Crippen molar-refractivity contribution in [2.24, 2.45) is 0 Å². The predicted molar refractivity (Wildman–Crippen MR) is 74.9 cm³/mol. The molecule has 0 bridgehead atoms. The zero-order valence-corrected chi connectivity index (χ0v) is 11.2. The quantitative estimate of drug-likeness (QED) is 0.743. The van der Waals surface area contributed by atoms with Crippen molar-refractivity contribution >= 4 is 58.9 Å². The predicted octanol–water partition coefficient (Wildman–Crippen LogP) is 5.28. The molecule has 5 heteroatoms. The van der Waals surface area contributed by atoms with Gasteiger partial charge in [-0.1, -0.05) is 41.4 Å². The molecule has 0 saturated carbocycles. The Morgan fingerprint density at radius 1 is 1.25 bits per heavy atom. The minimum Gasteiger partial charge on any atom is -0.337 e. The number of rotatable bonds is 2. The standard InChI is InChI=1S/C11H7Cl2NS2/c12-9-3-1-2-7(10(9)13)4-5-8-6-16-11(15)14-8/h1-6H,(H,14,15). The number of hydrogen-bond donors (Lipinski definition) is 1. The van der Waals surface area contributed by atoms with Crippen molar-refractivity contribution in [1.29, 1.82) is 0 Å². The molecule has 16 heavy (non-hydrogen) atoms. The highest BCUT2D eigenvalue weighted by atomic mass is 35.5. The molecule has 0 aliphatic heterocycles. The summed E-state index contributed by atoms with van der Waals surface area (Å²) in [5, 5.41) is 3.08. The van der Waals surface area contributed by atoms with Crippen LogP contribution in [0, 0.1) is 3.95 Å². The van der Waals surface area contributed by atoms with Gasteiger partial charge in [-0.05, 0) is 29.9 Å². The number of hydrogen-bond acceptors (Lipinski definition) is 2. The van der Waals surface area contributed by atoms with Crippen molar-refractivity contribution in [3.63, 3.8) is 0 Å². The molecule has 2 rings (SSSR count). The molecule has 2 aromatic rings. The number of thiazole rings is 1. The number of halogens is 2. The Morgan fingerprint density at radius 2 is 2.06 bits per heavy atom. The van der Waals surface area contributed by atoms with E-state index in [1.165, 1.54) is 11.3 Å². The van der Waals surface area contributed by atoms with E-state index in [2.05, 4.69) is 4.98 Å². The molecule has 82 valence electrons. The molecule has 0 fully saturated rings. The molecule has 0 unspecified atom stereocenters. The lowest BCUT2D eigenvalue weighted by atomic mass is 10.2. The van der Waals surface area contributed by atoms with Crippen LogP contribution in [0.25, 0.3) is 12.2 Å². The second-order valence-electron chi connectivity index (χ2n) is 3.08. The molecule has 0 aliphatic carbocycles. The summed E-state index contributed by atoms with van der Waals surface area (Å²) < 4.78 is 0.761. The third-order valence-corrected chi connectivity index (χ3v) is 3.88. The Bertz CT molecular complexity index is 584. The van der Waals surface area contributed by atoms with Crippen molar-refractivity contribution in [3.05, 3.63) is 48.8 Å². The summed E-state index contributed by atoms with van der Waals surface area (Å²) in [6.45, 7) is 0. The van der Waals surface area contributed by atoms with Gasteiger partial charge in [0.05, 0.1) is 10.0 Å². The summed E-state index contributed by atoms with van der Waals surface area (Å²) >= 11 is 18.5. The minimum absolute atomic E-state index is 0.557. The lowest BCUT2D eigenvalue weighted by Gasteiger charge is -1.99. The molecule has 0 aliphatic rings. The molecule has 1 aromatic heterocycles. The van der Waals surface area contributed by atoms with Crippen LogP contribution in [0.4, 0.5) is 0 Å². The van der Waals surface area contributed by atoms with Crippen molar-refractivity contribution in [3.8, 4) is 0 Å². The fraction of sp³-hybridized carbons (Fsp3) is 0. The fourth-order valence-electron chi connectivity index (χ4n) is 1.20. The first-order chi connectivity index (χ1) is 7.66. The maximum Gasteiger partial charge on any atom is 0.158 e. The topological polar surface area (TPSA) is 15.8 Å². The summed E-state index contributed by atoms with van der Waals surface area (Å²) in [6.07, 6.45) is 3.82. The number of benzene rings is 1. The minimum atomic E-state index is 0.557. The van der Waals surface area contributed by atoms with Gasteiger partial charge in [-0.15, -0.1) is 11.3 Å². The van der Waals surface area contributed by atoms with Crippen molar-refractivity contribution in [1.82, 2.24) is 4.98 Å². The first-order valence-electron chi connectivity index (χ1n) is 4.47. The van der Waals surface area contributed by atoms with Crippen LogP contribution in [-0.4, -0.2) is 4.98 Å². The number of H-pyrrole nitrogens is 1. The molecule has 1 heterocycles. The van der Waals surface area contributed by atoms with Gasteiger partial charge in [-0.3, -0.25) is 0 Å². The molecular weight excluding hydrogens is 281 g/mol. The molecule has 0 radical (unpaired) electrons. The van der Waals surface area contributed by atoms with Crippen molar-refractivity contribution in [2.75, 3.05) is 0 Å². The van der Waals surface area contributed by atoms with Gasteiger partial charge in [0, 0.05) is 11.1 Å². The van der Waals surface area contributed by atoms with Gasteiger partial charge in [0.1, 0.15) is 0 Å². The highest BCUT2D eigenvalue weighted by Gasteiger charge is 2.00. The molecule has 0 amide bonds. The Morgan fingerprint density at radius 3 is 2.75 bits per heavy atom. The van der Waals surface area contributed by atoms with E-state index in [1.54, 1.807) is 6.07 Å². The Kier molecular flexibility index (Phi) is 3.82. The van der Waals surface area contributed by atoms with E-state index in [4.69, 9.17) is 35.4 Å². The van der Waals surface area contributed by atoms with Crippen molar-refractivity contribution in [2.45, 2.75) is 0 Å². The monoisotopic (exact) mass is 287 g/mol. The van der Waals surface area contributed by atoms with E-state index in [1.807, 2.05) is 29.7 Å². The highest BCUT2D eigenvalue weighted by molar-refractivity contribution is 7.73. The van der Waals surface area contributed by atoms with Crippen LogP contribution < -0.4 is 0 Å². The van der Waals surface area contributed by atoms with Crippen molar-refractivity contribution < 1.29 is 0 Å². The molecular formula is C11H7Cl2NS2. The average Bonchev–Trinajstić information content (AvgIpc) is 2.67. The molecule has 0 atom stereocenters. The Hall–Kier alpha value is -0.610.